The highest BCUT2D eigenvalue weighted by molar-refractivity contribution is 7.12. The van der Waals surface area contributed by atoms with Crippen molar-refractivity contribution in [2.75, 3.05) is 67.1 Å². The zero-order valence-electron chi connectivity index (χ0n) is 22.1. The number of carbonyl (C=O) groups is 4. The minimum atomic E-state index is -0.779. The van der Waals surface area contributed by atoms with Crippen LogP contribution in [0.2, 0.25) is 0 Å². The molecular weight excluding hydrogens is 548 g/mol. The van der Waals surface area contributed by atoms with Gasteiger partial charge in [-0.3, -0.25) is 4.79 Å². The van der Waals surface area contributed by atoms with E-state index < -0.39 is 30.3 Å². The van der Waals surface area contributed by atoms with Crippen molar-refractivity contribution >= 4 is 45.9 Å². The summed E-state index contributed by atoms with van der Waals surface area (Å²) >= 11 is 1.02. The molecule has 0 saturated heterocycles. The number of methoxy groups -OCH3 is 2. The predicted octanol–water partition coefficient (Wildman–Crippen LogP) is 1.86. The SMILES string of the molecule is COCCOCCOCCOCC(=O)OCC(=O)OCn1cc(C(=O)c2nc(C(=O)OC)cs2)c2ccccc21. The maximum Gasteiger partial charge on any atom is 0.357 e. The molecule has 0 radical (unpaired) electrons. The van der Waals surface area contributed by atoms with Gasteiger partial charge in [-0.1, -0.05) is 18.2 Å². The molecule has 0 aliphatic heterocycles. The zero-order chi connectivity index (χ0) is 28.7. The Balaban J connectivity index is 1.42. The number of hydrogen-bond acceptors (Lipinski definition) is 13. The predicted molar refractivity (Wildman–Crippen MR) is 140 cm³/mol. The number of ketones is 1. The Labute approximate surface area is 233 Å². The van der Waals surface area contributed by atoms with Gasteiger partial charge in [0.1, 0.15) is 6.61 Å². The summed E-state index contributed by atoms with van der Waals surface area (Å²) in [6.45, 7) is 1.09. The van der Waals surface area contributed by atoms with Crippen LogP contribution < -0.4 is 0 Å². The first-order chi connectivity index (χ1) is 19.4. The second-order valence-electron chi connectivity index (χ2n) is 7.96. The van der Waals surface area contributed by atoms with E-state index in [1.165, 1.54) is 18.7 Å². The van der Waals surface area contributed by atoms with Gasteiger partial charge in [0, 0.05) is 24.1 Å². The molecule has 2 heterocycles. The van der Waals surface area contributed by atoms with Crippen LogP contribution in [0.4, 0.5) is 0 Å². The summed E-state index contributed by atoms with van der Waals surface area (Å²) in [5.74, 6) is -2.54. The molecule has 3 rings (SSSR count). The van der Waals surface area contributed by atoms with Gasteiger partial charge in [-0.2, -0.15) is 0 Å². The smallest absolute Gasteiger partial charge is 0.357 e. The fourth-order valence-electron chi connectivity index (χ4n) is 3.33. The second kappa shape index (κ2) is 16.4. The van der Waals surface area contributed by atoms with E-state index in [9.17, 15) is 19.2 Å². The molecule has 3 aromatic rings. The number of esters is 3. The molecule has 0 N–H and O–H groups in total. The Kier molecular flexibility index (Phi) is 12.7. The lowest BCUT2D eigenvalue weighted by atomic mass is 10.1. The molecule has 0 atom stereocenters. The van der Waals surface area contributed by atoms with E-state index in [1.54, 1.807) is 35.9 Å². The summed E-state index contributed by atoms with van der Waals surface area (Å²) < 4.78 is 36.9. The molecule has 0 bridgehead atoms. The van der Waals surface area contributed by atoms with E-state index in [1.807, 2.05) is 0 Å². The zero-order valence-corrected chi connectivity index (χ0v) is 22.9. The maximum absolute atomic E-state index is 13.1. The van der Waals surface area contributed by atoms with Gasteiger partial charge in [-0.05, 0) is 6.07 Å². The van der Waals surface area contributed by atoms with Crippen LogP contribution in [-0.2, 0) is 49.5 Å². The highest BCUT2D eigenvalue weighted by Gasteiger charge is 2.22. The summed E-state index contributed by atoms with van der Waals surface area (Å²) in [4.78, 5) is 52.8. The van der Waals surface area contributed by atoms with E-state index in [4.69, 9.17) is 28.4 Å². The number of rotatable bonds is 18. The first-order valence-electron chi connectivity index (χ1n) is 12.1. The van der Waals surface area contributed by atoms with Gasteiger partial charge < -0.3 is 37.7 Å². The molecular formula is C26H30N2O11S. The third-order valence-electron chi connectivity index (χ3n) is 5.24. The van der Waals surface area contributed by atoms with Crippen LogP contribution in [0.25, 0.3) is 10.9 Å². The number of benzene rings is 1. The number of carbonyl (C=O) groups excluding carboxylic acids is 4. The van der Waals surface area contributed by atoms with Crippen LogP contribution in [0, 0.1) is 0 Å². The highest BCUT2D eigenvalue weighted by atomic mass is 32.1. The summed E-state index contributed by atoms with van der Waals surface area (Å²) in [5.41, 5.74) is 1.00. The molecule has 0 aliphatic carbocycles. The quantitative estimate of drug-likeness (QED) is 0.0938. The lowest BCUT2D eigenvalue weighted by molar-refractivity contribution is -0.163. The van der Waals surface area contributed by atoms with Crippen LogP contribution >= 0.6 is 11.3 Å². The third-order valence-corrected chi connectivity index (χ3v) is 6.08. The fraction of sp³-hybridized carbons (Fsp3) is 0.423. The Morgan fingerprint density at radius 2 is 1.52 bits per heavy atom. The average Bonchev–Trinajstić information content (AvgIpc) is 3.61. The van der Waals surface area contributed by atoms with E-state index >= 15 is 0 Å². The number of nitrogens with zero attached hydrogens (tertiary/aromatic N) is 2. The summed E-state index contributed by atoms with van der Waals surface area (Å²) in [6.07, 6.45) is 1.53. The Hall–Kier alpha value is -3.69. The number of hydrogen-bond donors (Lipinski definition) is 0. The van der Waals surface area contributed by atoms with E-state index in [-0.39, 0.29) is 37.3 Å². The largest absolute Gasteiger partial charge is 0.464 e. The van der Waals surface area contributed by atoms with Gasteiger partial charge >= 0.3 is 17.9 Å². The van der Waals surface area contributed by atoms with Crippen LogP contribution in [0.5, 0.6) is 0 Å². The normalized spacial score (nSPS) is 10.9. The molecule has 0 spiro atoms. The lowest BCUT2D eigenvalue weighted by Crippen LogP contribution is -2.21. The van der Waals surface area contributed by atoms with Gasteiger partial charge in [-0.25, -0.2) is 19.4 Å². The topological polar surface area (TPSA) is 151 Å². The lowest BCUT2D eigenvalue weighted by Gasteiger charge is -2.09. The van der Waals surface area contributed by atoms with Gasteiger partial charge in [0.05, 0.1) is 57.8 Å². The van der Waals surface area contributed by atoms with Crippen molar-refractivity contribution < 1.29 is 52.3 Å². The molecule has 1 aromatic carbocycles. The fourth-order valence-corrected chi connectivity index (χ4v) is 4.07. The van der Waals surface area contributed by atoms with Crippen LogP contribution in [-0.4, -0.2) is 100 Å². The molecule has 0 fully saturated rings. The van der Waals surface area contributed by atoms with Crippen molar-refractivity contribution in [2.24, 2.45) is 0 Å². The van der Waals surface area contributed by atoms with Crippen molar-refractivity contribution in [1.29, 1.82) is 0 Å². The second-order valence-corrected chi connectivity index (χ2v) is 8.82. The minimum absolute atomic E-state index is 0.0429. The van der Waals surface area contributed by atoms with Crippen molar-refractivity contribution in [3.8, 4) is 0 Å². The number of thiazole rings is 1. The van der Waals surface area contributed by atoms with Crippen molar-refractivity contribution in [3.05, 3.63) is 52.1 Å². The highest BCUT2D eigenvalue weighted by Crippen LogP contribution is 2.25. The van der Waals surface area contributed by atoms with Gasteiger partial charge in [0.15, 0.2) is 24.0 Å². The van der Waals surface area contributed by atoms with Crippen molar-refractivity contribution in [2.45, 2.75) is 6.73 Å². The van der Waals surface area contributed by atoms with Crippen molar-refractivity contribution in [1.82, 2.24) is 9.55 Å². The van der Waals surface area contributed by atoms with Gasteiger partial charge in [-0.15, -0.1) is 11.3 Å². The van der Waals surface area contributed by atoms with Gasteiger partial charge in [0.25, 0.3) is 0 Å². The number of aromatic nitrogens is 2. The summed E-state index contributed by atoms with van der Waals surface area (Å²) in [5, 5.41) is 2.18. The Morgan fingerprint density at radius 1 is 0.850 bits per heavy atom. The molecule has 13 nitrogen and oxygen atoms in total. The Morgan fingerprint density at radius 3 is 2.25 bits per heavy atom. The summed E-state index contributed by atoms with van der Waals surface area (Å²) in [6, 6.07) is 7.05. The Bertz CT molecular complexity index is 1290. The first-order valence-corrected chi connectivity index (χ1v) is 13.0. The number of ether oxygens (including phenoxy) is 7. The average molecular weight is 579 g/mol. The summed E-state index contributed by atoms with van der Waals surface area (Å²) in [7, 11) is 2.82. The first kappa shape index (κ1) is 30.8. The van der Waals surface area contributed by atoms with E-state index in [2.05, 4.69) is 9.72 Å². The molecule has 0 unspecified atom stereocenters. The maximum atomic E-state index is 13.1. The van der Waals surface area contributed by atoms with Gasteiger partial charge in [0.2, 0.25) is 5.78 Å². The standard InChI is InChI=1S/C26H30N2O11S/c1-33-7-8-35-9-10-36-11-12-37-14-22(29)38-15-23(30)39-17-28-13-19(18-5-3-4-6-21(18)28)24(31)25-27-20(16-40-25)26(32)34-2/h3-6,13,16H,7-12,14-15,17H2,1-2H3. The van der Waals surface area contributed by atoms with Crippen LogP contribution in [0.1, 0.15) is 25.9 Å². The van der Waals surface area contributed by atoms with Crippen LogP contribution in [0.15, 0.2) is 35.8 Å². The number of para-hydroxylation sites is 1. The van der Waals surface area contributed by atoms with E-state index in [0.29, 0.717) is 42.9 Å². The molecule has 14 heteroatoms. The third kappa shape index (κ3) is 9.20. The molecule has 2 aromatic heterocycles. The molecule has 216 valence electrons. The number of fused-ring (bicyclic) bond motifs is 1. The van der Waals surface area contributed by atoms with Crippen LogP contribution in [0.3, 0.4) is 0 Å². The minimum Gasteiger partial charge on any atom is -0.464 e. The molecule has 0 aliphatic rings. The molecule has 0 amide bonds. The monoisotopic (exact) mass is 578 g/mol. The molecule has 40 heavy (non-hydrogen) atoms. The van der Waals surface area contributed by atoms with Crippen molar-refractivity contribution in [3.63, 3.8) is 0 Å². The molecule has 0 saturated carbocycles. The van der Waals surface area contributed by atoms with E-state index in [0.717, 1.165) is 11.3 Å².